The van der Waals surface area contributed by atoms with E-state index in [0.29, 0.717) is 9.79 Å². The summed E-state index contributed by atoms with van der Waals surface area (Å²) in [5.41, 5.74) is 2.34. The van der Waals surface area contributed by atoms with Gasteiger partial charge in [-0.15, -0.1) is 0 Å². The highest BCUT2D eigenvalue weighted by Gasteiger charge is 2.20. The topological polar surface area (TPSA) is 37.4 Å². The maximum Gasteiger partial charge on any atom is 0.117 e. The second-order valence-corrected chi connectivity index (χ2v) is 11.7. The summed E-state index contributed by atoms with van der Waals surface area (Å²) < 4.78 is 25.7. The zero-order valence-corrected chi connectivity index (χ0v) is 17.3. The number of hydrogen-bond donors (Lipinski definition) is 0. The van der Waals surface area contributed by atoms with Crippen LogP contribution in [0, 0.1) is 0 Å². The van der Waals surface area contributed by atoms with E-state index in [9.17, 15) is 8.42 Å². The smallest absolute Gasteiger partial charge is 0.117 e. The number of halogens is 3. The van der Waals surface area contributed by atoms with Gasteiger partial charge < -0.3 is 3.11 Å². The second kappa shape index (κ2) is 6.98. The van der Waals surface area contributed by atoms with Gasteiger partial charge in [-0.1, -0.05) is 0 Å². The molecule has 0 bridgehead atoms. The molecule has 0 N–H and O–H groups in total. The molecule has 1 aliphatic rings. The first-order valence-corrected chi connectivity index (χ1v) is 13.6. The van der Waals surface area contributed by atoms with Gasteiger partial charge >= 0.3 is 0 Å². The summed E-state index contributed by atoms with van der Waals surface area (Å²) >= 11 is 6.04. The molecule has 0 fully saturated rings. The molecular weight excluding hydrogens is 611 g/mol. The molecule has 2 atom stereocenters. The van der Waals surface area contributed by atoms with Gasteiger partial charge in [0.1, 0.15) is 15.9 Å². The number of fused-ring (bicyclic) bond motifs is 1. The number of aryl methyl sites for hydroxylation is 1. The fourth-order valence-electron chi connectivity index (χ4n) is 1.95. The lowest BCUT2D eigenvalue weighted by Crippen LogP contribution is -2.10. The Hall–Kier alpha value is 1.51. The van der Waals surface area contributed by atoms with Gasteiger partial charge in [-0.05, 0) is 37.0 Å². The van der Waals surface area contributed by atoms with Crippen LogP contribution in [-0.4, -0.2) is 15.0 Å². The van der Waals surface area contributed by atoms with E-state index in [-0.39, 0.29) is 0 Å². The summed E-state index contributed by atoms with van der Waals surface area (Å²) in [6.07, 6.45) is 3.30. The maximum absolute atomic E-state index is 11.8. The first-order chi connectivity index (χ1) is 8.50. The molecule has 0 saturated carbocycles. The molecule has 0 spiro atoms. The Kier molecular flexibility index (Phi) is 6.16. The van der Waals surface area contributed by atoms with Crippen LogP contribution in [0.3, 0.4) is 0 Å². The van der Waals surface area contributed by atoms with E-state index in [0.717, 1.165) is 31.5 Å². The van der Waals surface area contributed by atoms with Crippen molar-refractivity contribution in [1.29, 1.82) is 0 Å². The minimum atomic E-state index is -1.14. The van der Waals surface area contributed by atoms with Crippen molar-refractivity contribution in [3.63, 3.8) is 0 Å². The highest BCUT2D eigenvalue weighted by Crippen LogP contribution is 2.36. The standard InChI is InChI=1S/C10H10I3NO2S2/c11-14-4-2-1-3-7-5-9(17(12)15)10(18(13)16)6-8(7)14/h5-6H,1-4H2. The van der Waals surface area contributed by atoms with Gasteiger partial charge in [-0.3, -0.25) is 0 Å². The Labute approximate surface area is 149 Å². The third-order valence-corrected chi connectivity index (χ3v) is 8.15. The van der Waals surface area contributed by atoms with E-state index in [4.69, 9.17) is 0 Å². The third kappa shape index (κ3) is 3.58. The quantitative estimate of drug-likeness (QED) is 0.284. The van der Waals surface area contributed by atoms with E-state index < -0.39 is 15.9 Å². The van der Waals surface area contributed by atoms with Crippen molar-refractivity contribution < 1.29 is 8.42 Å². The molecule has 2 unspecified atom stereocenters. The number of benzene rings is 1. The normalized spacial score (nSPS) is 18.9. The van der Waals surface area contributed by atoms with Crippen molar-refractivity contribution in [3.05, 3.63) is 17.7 Å². The summed E-state index contributed by atoms with van der Waals surface area (Å²) in [4.78, 5) is 1.39. The molecule has 0 aliphatic carbocycles. The predicted molar refractivity (Wildman–Crippen MR) is 102 cm³/mol. The highest BCUT2D eigenvalue weighted by molar-refractivity contribution is 14.2. The van der Waals surface area contributed by atoms with Crippen molar-refractivity contribution in [1.82, 2.24) is 0 Å². The zero-order chi connectivity index (χ0) is 13.3. The molecule has 0 aromatic heterocycles. The summed E-state index contributed by atoms with van der Waals surface area (Å²) in [5.74, 6) is 0. The molecule has 100 valence electrons. The van der Waals surface area contributed by atoms with Crippen LogP contribution in [0.2, 0.25) is 0 Å². The molecule has 1 heterocycles. The fourth-order valence-corrected chi connectivity index (χ4v) is 7.16. The van der Waals surface area contributed by atoms with Gasteiger partial charge in [-0.25, -0.2) is 8.42 Å². The van der Waals surface area contributed by atoms with Gasteiger partial charge in [0.2, 0.25) is 0 Å². The van der Waals surface area contributed by atoms with E-state index in [2.05, 4.69) is 26.0 Å². The lowest BCUT2D eigenvalue weighted by Gasteiger charge is -2.18. The Morgan fingerprint density at radius 3 is 2.28 bits per heavy atom. The van der Waals surface area contributed by atoms with Crippen LogP contribution in [-0.2, 0) is 22.4 Å². The van der Waals surface area contributed by atoms with Crippen molar-refractivity contribution in [2.45, 2.75) is 29.1 Å². The summed E-state index contributed by atoms with van der Waals surface area (Å²) in [6, 6.07) is 3.92. The van der Waals surface area contributed by atoms with Crippen LogP contribution in [0.5, 0.6) is 0 Å². The SMILES string of the molecule is O=S(I)c1cc2c(cc1S(=O)I)N(I)CCCC2. The van der Waals surface area contributed by atoms with E-state index in [1.165, 1.54) is 5.56 Å². The van der Waals surface area contributed by atoms with Gasteiger partial charge in [0.25, 0.3) is 0 Å². The summed E-state index contributed by atoms with van der Waals surface area (Å²) in [5, 5.41) is 0. The van der Waals surface area contributed by atoms with Gasteiger partial charge in [-0.2, -0.15) is 0 Å². The Bertz CT molecular complexity index is 524. The fraction of sp³-hybridized carbons (Fsp3) is 0.400. The number of hydrogen-bond acceptors (Lipinski definition) is 3. The summed E-state index contributed by atoms with van der Waals surface area (Å²) in [6.45, 7) is 1.01. The molecule has 2 rings (SSSR count). The Balaban J connectivity index is 2.62. The molecular formula is C10H10I3NO2S2. The van der Waals surface area contributed by atoms with Crippen LogP contribution in [0.25, 0.3) is 0 Å². The number of anilines is 1. The molecule has 1 aromatic carbocycles. The van der Waals surface area contributed by atoms with E-state index >= 15 is 0 Å². The minimum absolute atomic E-state index is 0.686. The predicted octanol–water partition coefficient (Wildman–Crippen LogP) is 4.09. The Morgan fingerprint density at radius 2 is 1.67 bits per heavy atom. The average molecular weight is 621 g/mol. The number of nitrogens with zero attached hydrogens (tertiary/aromatic N) is 1. The van der Waals surface area contributed by atoms with E-state index in [1.807, 2.05) is 54.5 Å². The lowest BCUT2D eigenvalue weighted by atomic mass is 10.1. The van der Waals surface area contributed by atoms with Crippen molar-refractivity contribution in [2.75, 3.05) is 9.66 Å². The van der Waals surface area contributed by atoms with Crippen LogP contribution < -0.4 is 3.11 Å². The second-order valence-electron chi connectivity index (χ2n) is 3.92. The molecule has 8 heteroatoms. The molecule has 18 heavy (non-hydrogen) atoms. The first-order valence-electron chi connectivity index (χ1n) is 5.27. The molecule has 1 aromatic rings. The third-order valence-electron chi connectivity index (χ3n) is 2.80. The molecule has 0 amide bonds. The van der Waals surface area contributed by atoms with E-state index in [1.54, 1.807) is 0 Å². The monoisotopic (exact) mass is 621 g/mol. The van der Waals surface area contributed by atoms with Gasteiger partial charge in [0.15, 0.2) is 0 Å². The first kappa shape index (κ1) is 15.9. The van der Waals surface area contributed by atoms with Crippen molar-refractivity contribution in [3.8, 4) is 0 Å². The van der Waals surface area contributed by atoms with Crippen molar-refractivity contribution >= 4 is 86.9 Å². The zero-order valence-electron chi connectivity index (χ0n) is 9.20. The average Bonchev–Trinajstić information content (AvgIpc) is 2.49. The molecule has 1 aliphatic heterocycles. The highest BCUT2D eigenvalue weighted by atomic mass is 127. The van der Waals surface area contributed by atoms with Crippen LogP contribution in [0.4, 0.5) is 5.69 Å². The van der Waals surface area contributed by atoms with Crippen molar-refractivity contribution in [2.24, 2.45) is 0 Å². The Morgan fingerprint density at radius 1 is 1.06 bits per heavy atom. The molecule has 3 nitrogen and oxygen atoms in total. The van der Waals surface area contributed by atoms with Crippen LogP contribution in [0.1, 0.15) is 18.4 Å². The van der Waals surface area contributed by atoms with Gasteiger partial charge in [0, 0.05) is 49.0 Å². The van der Waals surface area contributed by atoms with Gasteiger partial charge in [0.05, 0.1) is 38.3 Å². The lowest BCUT2D eigenvalue weighted by molar-refractivity contribution is 0.685. The van der Waals surface area contributed by atoms with Crippen LogP contribution in [0.15, 0.2) is 21.9 Å². The van der Waals surface area contributed by atoms with Crippen LogP contribution >= 0.6 is 65.3 Å². The largest absolute Gasteiger partial charge is 0.314 e. The summed E-state index contributed by atoms with van der Waals surface area (Å²) in [7, 11) is -2.26. The minimum Gasteiger partial charge on any atom is -0.314 e. The molecule has 0 radical (unpaired) electrons. The molecule has 0 saturated heterocycles. The number of rotatable bonds is 2. The maximum atomic E-state index is 11.8.